The van der Waals surface area contributed by atoms with E-state index >= 15 is 0 Å². The lowest BCUT2D eigenvalue weighted by Crippen LogP contribution is -2.27. The summed E-state index contributed by atoms with van der Waals surface area (Å²) in [6.07, 6.45) is 16.4. The number of nitrogens with zero attached hydrogens (tertiary/aromatic N) is 2. The molecule has 0 atom stereocenters. The topological polar surface area (TPSA) is 6.25 Å². The second-order valence-electron chi connectivity index (χ2n) is 11.8. The van der Waals surface area contributed by atoms with Crippen molar-refractivity contribution in [1.82, 2.24) is 0 Å². The molecule has 2 nitrogen and oxygen atoms in total. The fourth-order valence-electron chi connectivity index (χ4n) is 6.52. The van der Waals surface area contributed by atoms with Crippen LogP contribution in [0.3, 0.4) is 0 Å². The normalized spacial score (nSPS) is 21.9. The van der Waals surface area contributed by atoms with Gasteiger partial charge in [-0.3, -0.25) is 0 Å². The third-order valence-corrected chi connectivity index (χ3v) is 8.48. The minimum absolute atomic E-state index is 0.0241. The van der Waals surface area contributed by atoms with E-state index in [2.05, 4.69) is 130 Å². The molecule has 0 fully saturated rings. The highest BCUT2D eigenvalue weighted by molar-refractivity contribution is 6.03. The smallest absolute Gasteiger partial charge is 0.209 e. The van der Waals surface area contributed by atoms with Gasteiger partial charge in [-0.25, -0.2) is 0 Å². The van der Waals surface area contributed by atoms with Crippen LogP contribution >= 0.6 is 0 Å². The van der Waals surface area contributed by atoms with E-state index in [1.165, 1.54) is 45.1 Å². The van der Waals surface area contributed by atoms with Crippen LogP contribution < -0.4 is 4.90 Å². The molecule has 0 saturated carbocycles. The number of anilines is 1. The maximum Gasteiger partial charge on any atom is 0.209 e. The van der Waals surface area contributed by atoms with Crippen molar-refractivity contribution in [2.75, 3.05) is 18.0 Å². The average Bonchev–Trinajstić information content (AvgIpc) is 3.49. The summed E-state index contributed by atoms with van der Waals surface area (Å²) in [6.45, 7) is 16.1. The zero-order valence-corrected chi connectivity index (χ0v) is 23.6. The van der Waals surface area contributed by atoms with Crippen molar-refractivity contribution < 1.29 is 4.58 Å². The molecule has 192 valence electrons. The molecule has 3 aliphatic rings. The van der Waals surface area contributed by atoms with Crippen LogP contribution in [0.2, 0.25) is 0 Å². The molecule has 2 heterocycles. The van der Waals surface area contributed by atoms with E-state index in [4.69, 9.17) is 0 Å². The lowest BCUT2D eigenvalue weighted by atomic mass is 9.81. The third-order valence-electron chi connectivity index (χ3n) is 8.48. The van der Waals surface area contributed by atoms with Gasteiger partial charge >= 0.3 is 0 Å². The lowest BCUT2D eigenvalue weighted by molar-refractivity contribution is -0.437. The van der Waals surface area contributed by atoms with Gasteiger partial charge in [0.1, 0.15) is 6.54 Å². The van der Waals surface area contributed by atoms with E-state index in [9.17, 15) is 0 Å². The Morgan fingerprint density at radius 2 is 1.54 bits per heavy atom. The van der Waals surface area contributed by atoms with E-state index in [-0.39, 0.29) is 10.8 Å². The second kappa shape index (κ2) is 9.97. The number of hydrogen-bond donors (Lipinski definition) is 0. The van der Waals surface area contributed by atoms with Crippen molar-refractivity contribution in [2.24, 2.45) is 0 Å². The van der Waals surface area contributed by atoms with Crippen molar-refractivity contribution in [1.29, 1.82) is 0 Å². The summed E-state index contributed by atoms with van der Waals surface area (Å²) in [4.78, 5) is 2.53. The first-order chi connectivity index (χ1) is 17.8. The van der Waals surface area contributed by atoms with Crippen molar-refractivity contribution in [2.45, 2.75) is 78.1 Å². The Balaban J connectivity index is 1.42. The largest absolute Gasteiger partial charge is 0.344 e. The van der Waals surface area contributed by atoms with Crippen molar-refractivity contribution in [3.63, 3.8) is 0 Å². The van der Waals surface area contributed by atoms with Crippen molar-refractivity contribution in [3.8, 4) is 0 Å². The van der Waals surface area contributed by atoms with Gasteiger partial charge in [-0.15, -0.1) is 0 Å². The molecular weight excluding hydrogens is 448 g/mol. The minimum atomic E-state index is 0.0241. The van der Waals surface area contributed by atoms with Crippen molar-refractivity contribution in [3.05, 3.63) is 107 Å². The van der Waals surface area contributed by atoms with Crippen molar-refractivity contribution >= 4 is 17.1 Å². The molecule has 0 radical (unpaired) electrons. The number of rotatable bonds is 7. The van der Waals surface area contributed by atoms with Gasteiger partial charge < -0.3 is 4.90 Å². The predicted molar refractivity (Wildman–Crippen MR) is 159 cm³/mol. The van der Waals surface area contributed by atoms with Gasteiger partial charge in [0.15, 0.2) is 5.71 Å². The van der Waals surface area contributed by atoms with Gasteiger partial charge in [-0.1, -0.05) is 82.3 Å². The molecule has 37 heavy (non-hydrogen) atoms. The van der Waals surface area contributed by atoms with Crippen LogP contribution in [-0.4, -0.2) is 23.4 Å². The summed E-state index contributed by atoms with van der Waals surface area (Å²) in [6, 6.07) is 17.8. The first-order valence-corrected chi connectivity index (χ1v) is 14.2. The maximum absolute atomic E-state index is 2.53. The van der Waals surface area contributed by atoms with E-state index in [0.29, 0.717) is 0 Å². The summed E-state index contributed by atoms with van der Waals surface area (Å²) in [7, 11) is 0. The first-order valence-electron chi connectivity index (χ1n) is 14.2. The lowest BCUT2D eigenvalue weighted by Gasteiger charge is -2.26. The monoisotopic (exact) mass is 491 g/mol. The van der Waals surface area contributed by atoms with Gasteiger partial charge in [0, 0.05) is 47.5 Å². The van der Waals surface area contributed by atoms with E-state index in [1.54, 1.807) is 0 Å². The van der Waals surface area contributed by atoms with Crippen LogP contribution in [0.4, 0.5) is 11.4 Å². The number of para-hydroxylation sites is 2. The van der Waals surface area contributed by atoms with Crippen LogP contribution in [-0.2, 0) is 10.8 Å². The molecule has 2 heteroatoms. The van der Waals surface area contributed by atoms with Gasteiger partial charge in [0.25, 0.3) is 0 Å². The molecule has 0 spiro atoms. The highest BCUT2D eigenvalue weighted by Gasteiger charge is 2.43. The van der Waals surface area contributed by atoms with Gasteiger partial charge in [-0.2, -0.15) is 4.58 Å². The van der Waals surface area contributed by atoms with Crippen LogP contribution in [0.15, 0.2) is 95.8 Å². The summed E-state index contributed by atoms with van der Waals surface area (Å²) in [5, 5.41) is 0. The SMILES string of the molecule is CCCN1C(=CC=C2C=C(C=CC3=[N+](CCC)c4ccccc4C3(C)C)CC2)C(C)(C)c2ccccc21. The fourth-order valence-corrected chi connectivity index (χ4v) is 6.52. The van der Waals surface area contributed by atoms with Crippen LogP contribution in [0.5, 0.6) is 0 Å². The van der Waals surface area contributed by atoms with Gasteiger partial charge in [0.2, 0.25) is 5.69 Å². The number of hydrogen-bond acceptors (Lipinski definition) is 1. The maximum atomic E-state index is 2.53. The fraction of sp³-hybridized carbons (Fsp3) is 0.400. The molecular formula is C35H43N2+. The Morgan fingerprint density at radius 1 is 0.811 bits per heavy atom. The van der Waals surface area contributed by atoms with E-state index < -0.39 is 0 Å². The second-order valence-corrected chi connectivity index (χ2v) is 11.8. The highest BCUT2D eigenvalue weighted by Crippen LogP contribution is 2.47. The number of benzene rings is 2. The molecule has 0 aromatic heterocycles. The molecule has 0 bridgehead atoms. The average molecular weight is 492 g/mol. The predicted octanol–water partition coefficient (Wildman–Crippen LogP) is 8.77. The van der Waals surface area contributed by atoms with E-state index in [0.717, 1.165) is 38.8 Å². The Labute approximate surface area is 224 Å². The number of fused-ring (bicyclic) bond motifs is 2. The molecule has 0 amide bonds. The highest BCUT2D eigenvalue weighted by atomic mass is 15.2. The quantitative estimate of drug-likeness (QED) is 0.351. The zero-order valence-electron chi connectivity index (χ0n) is 23.6. The molecule has 2 aromatic carbocycles. The Morgan fingerprint density at radius 3 is 2.30 bits per heavy atom. The summed E-state index contributed by atoms with van der Waals surface area (Å²) in [5.74, 6) is 0. The van der Waals surface area contributed by atoms with E-state index in [1.807, 2.05) is 0 Å². The summed E-state index contributed by atoms with van der Waals surface area (Å²) >= 11 is 0. The van der Waals surface area contributed by atoms with Crippen LogP contribution in [0, 0.1) is 0 Å². The zero-order chi connectivity index (χ0) is 26.2. The van der Waals surface area contributed by atoms with Gasteiger partial charge in [0.05, 0.1) is 5.41 Å². The Bertz CT molecular complexity index is 1340. The molecule has 2 aliphatic heterocycles. The van der Waals surface area contributed by atoms with Gasteiger partial charge in [-0.05, 0) is 62.0 Å². The molecule has 0 N–H and O–H groups in total. The standard InChI is InChI=1S/C35H43N2/c1-7-23-36-30-15-11-9-13-28(30)34(3,4)32(36)21-19-26-17-18-27(25-26)20-22-33-35(5,6)29-14-10-12-16-31(29)37(33)24-8-2/h9-16,19-22,25H,7-8,17-18,23-24H2,1-6H3/q+1. The molecule has 0 unspecified atom stereocenters. The van der Waals surface area contributed by atoms with Crippen LogP contribution in [0.1, 0.15) is 78.4 Å². The summed E-state index contributed by atoms with van der Waals surface area (Å²) < 4.78 is 2.53. The first kappa shape index (κ1) is 25.5. The minimum Gasteiger partial charge on any atom is -0.344 e. The number of allylic oxidation sites excluding steroid dienone is 8. The molecule has 1 aliphatic carbocycles. The molecule has 0 saturated heterocycles. The Kier molecular flexibility index (Phi) is 6.88. The van der Waals surface area contributed by atoms with Crippen LogP contribution in [0.25, 0.3) is 0 Å². The molecule has 2 aromatic rings. The Hall–Kier alpha value is -3.13. The summed E-state index contributed by atoms with van der Waals surface area (Å²) in [5.41, 5.74) is 11.4. The third kappa shape index (κ3) is 4.45. The molecule has 5 rings (SSSR count).